The Morgan fingerprint density at radius 1 is 1.36 bits per heavy atom. The van der Waals surface area contributed by atoms with Gasteiger partial charge in [-0.25, -0.2) is 4.99 Å². The molecule has 0 aromatic carbocycles. The van der Waals surface area contributed by atoms with E-state index >= 15 is 0 Å². The van der Waals surface area contributed by atoms with Gasteiger partial charge >= 0.3 is 0 Å². The summed E-state index contributed by atoms with van der Waals surface area (Å²) in [5.41, 5.74) is -0.0396. The van der Waals surface area contributed by atoms with Gasteiger partial charge in [-0.2, -0.15) is 11.3 Å². The van der Waals surface area contributed by atoms with Crippen molar-refractivity contribution in [2.45, 2.75) is 45.8 Å². The van der Waals surface area contributed by atoms with Gasteiger partial charge in [0.2, 0.25) is 0 Å². The lowest BCUT2D eigenvalue weighted by atomic mass is 10.00. The highest BCUT2D eigenvalue weighted by Gasteiger charge is 2.24. The predicted molar refractivity (Wildman–Crippen MR) is 129 cm³/mol. The smallest absolute Gasteiger partial charge is 0.191 e. The maximum atomic E-state index is 10.7. The second-order valence-corrected chi connectivity index (χ2v) is 8.57. The Bertz CT molecular complexity index is 561. The Morgan fingerprint density at radius 3 is 2.64 bits per heavy atom. The molecule has 0 radical (unpaired) electrons. The highest BCUT2D eigenvalue weighted by atomic mass is 127. The molecule has 1 aromatic heterocycles. The highest BCUT2D eigenvalue weighted by molar-refractivity contribution is 14.0. The fraction of sp³-hybridized carbons (Fsp3) is 0.750. The molecule has 1 fully saturated rings. The van der Waals surface area contributed by atoms with Gasteiger partial charge in [-0.05, 0) is 48.6 Å². The Balaban J connectivity index is 0.00000392. The molecule has 1 aromatic rings. The Hall–Kier alpha value is -0.420. The molecule has 28 heavy (non-hydrogen) atoms. The number of aliphatic imine (C=N–C) groups is 1. The molecule has 1 aliphatic rings. The van der Waals surface area contributed by atoms with Crippen LogP contribution in [-0.2, 0) is 10.3 Å². The molecule has 1 aliphatic heterocycles. The standard InChI is InChI=1S/C20H36N4O2S.HI/c1-5-21-19(23-15-20(4,25)17-6-11-27-14-17)22-13-18(12-16(2)3)24-7-9-26-10-8-24;/h6,11,14,16,18,25H,5,7-10,12-13,15H2,1-4H3,(H2,21,22,23);1H. The predicted octanol–water partition coefficient (Wildman–Crippen LogP) is 2.88. The minimum absolute atomic E-state index is 0. The van der Waals surface area contributed by atoms with Gasteiger partial charge in [0, 0.05) is 32.2 Å². The van der Waals surface area contributed by atoms with Crippen LogP contribution in [0.5, 0.6) is 0 Å². The summed E-state index contributed by atoms with van der Waals surface area (Å²) < 4.78 is 5.51. The van der Waals surface area contributed by atoms with Gasteiger partial charge in [-0.15, -0.1) is 24.0 Å². The molecule has 162 valence electrons. The van der Waals surface area contributed by atoms with E-state index in [2.05, 4.69) is 41.3 Å². The zero-order valence-corrected chi connectivity index (χ0v) is 20.8. The molecule has 1 saturated heterocycles. The summed E-state index contributed by atoms with van der Waals surface area (Å²) in [6.45, 7) is 14.0. The molecule has 3 N–H and O–H groups in total. The summed E-state index contributed by atoms with van der Waals surface area (Å²) in [4.78, 5) is 7.16. The van der Waals surface area contributed by atoms with Crippen molar-refractivity contribution in [2.24, 2.45) is 10.9 Å². The van der Waals surface area contributed by atoms with Crippen LogP contribution >= 0.6 is 35.3 Å². The number of hydrogen-bond acceptors (Lipinski definition) is 5. The topological polar surface area (TPSA) is 69.1 Å². The molecule has 0 aliphatic carbocycles. The van der Waals surface area contributed by atoms with Crippen LogP contribution in [0.3, 0.4) is 0 Å². The molecule has 0 amide bonds. The van der Waals surface area contributed by atoms with E-state index in [9.17, 15) is 5.11 Å². The van der Waals surface area contributed by atoms with E-state index in [-0.39, 0.29) is 24.0 Å². The first-order valence-corrected chi connectivity index (χ1v) is 11.0. The lowest BCUT2D eigenvalue weighted by Gasteiger charge is -2.35. The summed E-state index contributed by atoms with van der Waals surface area (Å²) in [6, 6.07) is 2.41. The van der Waals surface area contributed by atoms with E-state index in [1.807, 2.05) is 23.8 Å². The minimum atomic E-state index is -0.954. The van der Waals surface area contributed by atoms with Gasteiger partial charge in [0.05, 0.1) is 19.8 Å². The number of morpholine rings is 1. The quantitative estimate of drug-likeness (QED) is 0.264. The zero-order valence-electron chi connectivity index (χ0n) is 17.6. The number of nitrogens with zero attached hydrogens (tertiary/aromatic N) is 2. The van der Waals surface area contributed by atoms with E-state index in [1.54, 1.807) is 11.3 Å². The summed E-state index contributed by atoms with van der Waals surface area (Å²) in [5.74, 6) is 1.40. The van der Waals surface area contributed by atoms with Crippen molar-refractivity contribution in [2.75, 3.05) is 45.9 Å². The van der Waals surface area contributed by atoms with Crippen molar-refractivity contribution < 1.29 is 9.84 Å². The zero-order chi connectivity index (χ0) is 19.7. The van der Waals surface area contributed by atoms with Crippen LogP contribution in [0.25, 0.3) is 0 Å². The Kier molecular flexibility index (Phi) is 11.9. The molecular formula is C20H37IN4O2S. The number of halogens is 1. The van der Waals surface area contributed by atoms with Crippen LogP contribution in [0.1, 0.15) is 39.7 Å². The lowest BCUT2D eigenvalue weighted by Crippen LogP contribution is -2.51. The normalized spacial score (nSPS) is 19.0. The van der Waals surface area contributed by atoms with Gasteiger partial charge in [0.1, 0.15) is 5.60 Å². The molecule has 2 atom stereocenters. The van der Waals surface area contributed by atoms with Crippen molar-refractivity contribution in [3.05, 3.63) is 22.4 Å². The van der Waals surface area contributed by atoms with E-state index < -0.39 is 5.60 Å². The molecule has 2 unspecified atom stereocenters. The van der Waals surface area contributed by atoms with Crippen LogP contribution in [0.2, 0.25) is 0 Å². The van der Waals surface area contributed by atoms with Crippen LogP contribution in [-0.4, -0.2) is 67.9 Å². The maximum absolute atomic E-state index is 10.7. The number of guanidine groups is 1. The average Bonchev–Trinajstić information content (AvgIpc) is 3.19. The molecule has 0 saturated carbocycles. The molecule has 0 bridgehead atoms. The van der Waals surface area contributed by atoms with Gasteiger partial charge in [-0.3, -0.25) is 4.90 Å². The summed E-state index contributed by atoms with van der Waals surface area (Å²) in [5, 5.41) is 21.5. The monoisotopic (exact) mass is 524 g/mol. The second-order valence-electron chi connectivity index (χ2n) is 7.79. The van der Waals surface area contributed by atoms with E-state index in [0.29, 0.717) is 18.5 Å². The summed E-state index contributed by atoms with van der Waals surface area (Å²) in [7, 11) is 0. The third-order valence-electron chi connectivity index (χ3n) is 4.84. The molecule has 0 spiro atoms. The first kappa shape index (κ1) is 25.6. The minimum Gasteiger partial charge on any atom is -0.383 e. The first-order chi connectivity index (χ1) is 12.9. The Labute approximate surface area is 191 Å². The van der Waals surface area contributed by atoms with Crippen LogP contribution in [0.4, 0.5) is 0 Å². The van der Waals surface area contributed by atoms with Crippen LogP contribution < -0.4 is 10.6 Å². The van der Waals surface area contributed by atoms with Crippen LogP contribution in [0.15, 0.2) is 21.8 Å². The molecular weight excluding hydrogens is 487 g/mol. The second kappa shape index (κ2) is 13.0. The van der Waals surface area contributed by atoms with Gasteiger partial charge in [0.25, 0.3) is 0 Å². The van der Waals surface area contributed by atoms with Gasteiger partial charge < -0.3 is 20.5 Å². The average molecular weight is 525 g/mol. The molecule has 6 nitrogen and oxygen atoms in total. The fourth-order valence-corrected chi connectivity index (χ4v) is 4.08. The van der Waals surface area contributed by atoms with E-state index in [4.69, 9.17) is 4.74 Å². The number of nitrogens with one attached hydrogen (secondary N) is 2. The molecule has 2 rings (SSSR count). The summed E-state index contributed by atoms with van der Waals surface area (Å²) in [6.07, 6.45) is 1.14. The molecule has 8 heteroatoms. The summed E-state index contributed by atoms with van der Waals surface area (Å²) >= 11 is 1.59. The number of hydrogen-bond donors (Lipinski definition) is 3. The van der Waals surface area contributed by atoms with E-state index in [1.165, 1.54) is 0 Å². The Morgan fingerprint density at radius 2 is 2.07 bits per heavy atom. The third kappa shape index (κ3) is 8.52. The third-order valence-corrected chi connectivity index (χ3v) is 5.53. The van der Waals surface area contributed by atoms with E-state index in [0.717, 1.165) is 57.3 Å². The highest BCUT2D eigenvalue weighted by Crippen LogP contribution is 2.23. The SMILES string of the molecule is CCNC(=NCC(C)(O)c1ccsc1)NCC(CC(C)C)N1CCOCC1.I. The largest absolute Gasteiger partial charge is 0.383 e. The lowest BCUT2D eigenvalue weighted by molar-refractivity contribution is 0.0132. The maximum Gasteiger partial charge on any atom is 0.191 e. The van der Waals surface area contributed by atoms with Crippen LogP contribution in [0, 0.1) is 5.92 Å². The molecule has 2 heterocycles. The van der Waals surface area contributed by atoms with Gasteiger partial charge in [0.15, 0.2) is 5.96 Å². The fourth-order valence-electron chi connectivity index (χ4n) is 3.30. The first-order valence-electron chi connectivity index (χ1n) is 10.0. The number of aliphatic hydroxyl groups is 1. The van der Waals surface area contributed by atoms with Crippen molar-refractivity contribution in [1.29, 1.82) is 0 Å². The van der Waals surface area contributed by atoms with Crippen molar-refractivity contribution >= 4 is 41.3 Å². The van der Waals surface area contributed by atoms with Crippen molar-refractivity contribution in [1.82, 2.24) is 15.5 Å². The van der Waals surface area contributed by atoms with Crippen molar-refractivity contribution in [3.63, 3.8) is 0 Å². The number of thiophene rings is 1. The van der Waals surface area contributed by atoms with Crippen molar-refractivity contribution in [3.8, 4) is 0 Å². The van der Waals surface area contributed by atoms with Gasteiger partial charge in [-0.1, -0.05) is 13.8 Å². The number of ether oxygens (including phenoxy) is 1. The number of rotatable bonds is 9.